The van der Waals surface area contributed by atoms with Gasteiger partial charge in [-0.3, -0.25) is 4.31 Å². The topological polar surface area (TPSA) is 49.4 Å². The molecular weight excluding hydrogens is 284 g/mol. The molecule has 21 heavy (non-hydrogen) atoms. The van der Waals surface area contributed by atoms with Crippen molar-refractivity contribution in [3.05, 3.63) is 59.7 Å². The molecule has 1 aliphatic rings. The van der Waals surface area contributed by atoms with Crippen LogP contribution in [0.25, 0.3) is 0 Å². The first kappa shape index (κ1) is 14.1. The molecule has 0 bridgehead atoms. The van der Waals surface area contributed by atoms with Crippen molar-refractivity contribution in [2.75, 3.05) is 17.4 Å². The van der Waals surface area contributed by atoms with Gasteiger partial charge >= 0.3 is 0 Å². The summed E-state index contributed by atoms with van der Waals surface area (Å²) in [5.74, 6) is 0. The first-order chi connectivity index (χ1) is 10.1. The van der Waals surface area contributed by atoms with Crippen LogP contribution in [0.4, 0.5) is 5.69 Å². The molecular formula is C16H18N2O2S. The van der Waals surface area contributed by atoms with E-state index in [4.69, 9.17) is 0 Å². The number of para-hydroxylation sites is 1. The van der Waals surface area contributed by atoms with E-state index in [0.29, 0.717) is 24.5 Å². The Morgan fingerprint density at radius 3 is 2.57 bits per heavy atom. The Kier molecular flexibility index (Phi) is 3.69. The van der Waals surface area contributed by atoms with Crippen LogP contribution in [0.3, 0.4) is 0 Å². The number of rotatable bonds is 2. The average Bonchev–Trinajstić information content (AvgIpc) is 2.70. The van der Waals surface area contributed by atoms with Gasteiger partial charge in [0.1, 0.15) is 0 Å². The number of nitrogens with zero attached hydrogens (tertiary/aromatic N) is 1. The molecule has 0 saturated heterocycles. The number of fused-ring (bicyclic) bond motifs is 1. The van der Waals surface area contributed by atoms with Crippen LogP contribution in [0.15, 0.2) is 53.4 Å². The second-order valence-electron chi connectivity index (χ2n) is 5.15. The zero-order chi connectivity index (χ0) is 14.9. The van der Waals surface area contributed by atoms with Gasteiger partial charge in [0.2, 0.25) is 0 Å². The minimum Gasteiger partial charge on any atom is -0.311 e. The lowest BCUT2D eigenvalue weighted by Gasteiger charge is -2.25. The summed E-state index contributed by atoms with van der Waals surface area (Å²) in [4.78, 5) is 0.377. The van der Waals surface area contributed by atoms with Crippen LogP contribution in [0, 0.1) is 6.92 Å². The fourth-order valence-electron chi connectivity index (χ4n) is 2.64. The van der Waals surface area contributed by atoms with E-state index in [1.807, 2.05) is 43.3 Å². The molecule has 3 rings (SSSR count). The SMILES string of the molecule is Cc1ccccc1S(=O)(=O)N1CCNCc2ccccc21. The van der Waals surface area contributed by atoms with Crippen molar-refractivity contribution in [3.8, 4) is 0 Å². The van der Waals surface area contributed by atoms with Crippen LogP contribution in [0.5, 0.6) is 0 Å². The van der Waals surface area contributed by atoms with Crippen molar-refractivity contribution in [3.63, 3.8) is 0 Å². The van der Waals surface area contributed by atoms with Crippen LogP contribution in [0.2, 0.25) is 0 Å². The van der Waals surface area contributed by atoms with E-state index in [1.165, 1.54) is 4.31 Å². The molecule has 4 nitrogen and oxygen atoms in total. The molecule has 2 aromatic carbocycles. The highest BCUT2D eigenvalue weighted by Crippen LogP contribution is 2.29. The van der Waals surface area contributed by atoms with Crippen molar-refractivity contribution < 1.29 is 8.42 Å². The third kappa shape index (κ3) is 2.54. The van der Waals surface area contributed by atoms with E-state index >= 15 is 0 Å². The Hall–Kier alpha value is -1.85. The molecule has 1 N–H and O–H groups in total. The van der Waals surface area contributed by atoms with Crippen LogP contribution < -0.4 is 9.62 Å². The van der Waals surface area contributed by atoms with Gasteiger partial charge in [0, 0.05) is 19.6 Å². The molecule has 2 aromatic rings. The largest absolute Gasteiger partial charge is 0.311 e. The van der Waals surface area contributed by atoms with Gasteiger partial charge in [0.05, 0.1) is 10.6 Å². The van der Waals surface area contributed by atoms with Crippen molar-refractivity contribution in [2.45, 2.75) is 18.4 Å². The van der Waals surface area contributed by atoms with E-state index < -0.39 is 10.0 Å². The lowest BCUT2D eigenvalue weighted by Crippen LogP contribution is -2.35. The van der Waals surface area contributed by atoms with Crippen molar-refractivity contribution >= 4 is 15.7 Å². The minimum atomic E-state index is -3.54. The third-order valence-electron chi connectivity index (χ3n) is 3.73. The number of hydrogen-bond donors (Lipinski definition) is 1. The van der Waals surface area contributed by atoms with Crippen LogP contribution in [0.1, 0.15) is 11.1 Å². The van der Waals surface area contributed by atoms with Gasteiger partial charge in [-0.2, -0.15) is 0 Å². The normalized spacial score (nSPS) is 15.4. The summed E-state index contributed by atoms with van der Waals surface area (Å²) < 4.78 is 27.6. The number of aryl methyl sites for hydroxylation is 1. The second-order valence-corrected chi connectivity index (χ2v) is 6.98. The molecule has 1 heterocycles. The standard InChI is InChI=1S/C16H18N2O2S/c1-13-6-2-5-9-16(13)21(19,20)18-11-10-17-12-14-7-3-4-8-15(14)18/h2-9,17H,10-12H2,1H3. The summed E-state index contributed by atoms with van der Waals surface area (Å²) in [5, 5.41) is 3.27. The maximum absolute atomic E-state index is 13.0. The van der Waals surface area contributed by atoms with Crippen LogP contribution >= 0.6 is 0 Å². The molecule has 0 amide bonds. The first-order valence-corrected chi connectivity index (χ1v) is 8.42. The second kappa shape index (κ2) is 5.50. The highest BCUT2D eigenvalue weighted by atomic mass is 32.2. The molecule has 0 fully saturated rings. The van der Waals surface area contributed by atoms with Gasteiger partial charge in [0.25, 0.3) is 10.0 Å². The molecule has 110 valence electrons. The average molecular weight is 302 g/mol. The van der Waals surface area contributed by atoms with Gasteiger partial charge < -0.3 is 5.32 Å². The molecule has 1 aliphatic heterocycles. The molecule has 5 heteroatoms. The zero-order valence-corrected chi connectivity index (χ0v) is 12.7. The Morgan fingerprint density at radius 1 is 1.05 bits per heavy atom. The third-order valence-corrected chi connectivity index (χ3v) is 5.70. The number of nitrogens with one attached hydrogen (secondary N) is 1. The summed E-state index contributed by atoms with van der Waals surface area (Å²) in [6.07, 6.45) is 0. The maximum atomic E-state index is 13.0. The van der Waals surface area contributed by atoms with Gasteiger partial charge in [-0.15, -0.1) is 0 Å². The van der Waals surface area contributed by atoms with Crippen molar-refractivity contribution in [1.29, 1.82) is 0 Å². The van der Waals surface area contributed by atoms with Gasteiger partial charge in [-0.05, 0) is 30.2 Å². The van der Waals surface area contributed by atoms with Crippen molar-refractivity contribution in [1.82, 2.24) is 5.32 Å². The zero-order valence-electron chi connectivity index (χ0n) is 11.9. The summed E-state index contributed by atoms with van der Waals surface area (Å²) in [5.41, 5.74) is 2.55. The monoisotopic (exact) mass is 302 g/mol. The lowest BCUT2D eigenvalue weighted by molar-refractivity contribution is 0.589. The highest BCUT2D eigenvalue weighted by molar-refractivity contribution is 7.92. The van der Waals surface area contributed by atoms with E-state index in [0.717, 1.165) is 16.8 Å². The van der Waals surface area contributed by atoms with E-state index in [9.17, 15) is 8.42 Å². The highest BCUT2D eigenvalue weighted by Gasteiger charge is 2.28. The Bertz CT molecular complexity index is 756. The summed E-state index contributed by atoms with van der Waals surface area (Å²) in [6, 6.07) is 14.8. The molecule has 0 spiro atoms. The Balaban J connectivity index is 2.13. The number of benzene rings is 2. The van der Waals surface area contributed by atoms with Crippen molar-refractivity contribution in [2.24, 2.45) is 0 Å². The van der Waals surface area contributed by atoms with E-state index in [-0.39, 0.29) is 0 Å². The summed E-state index contributed by atoms with van der Waals surface area (Å²) in [6.45, 7) is 3.60. The van der Waals surface area contributed by atoms with Gasteiger partial charge in [-0.25, -0.2) is 8.42 Å². The minimum absolute atomic E-state index is 0.377. The van der Waals surface area contributed by atoms with Crippen LogP contribution in [-0.2, 0) is 16.6 Å². The Labute approximate surface area is 125 Å². The predicted octanol–water partition coefficient (Wildman–Crippen LogP) is 2.29. The molecule has 0 aromatic heterocycles. The Morgan fingerprint density at radius 2 is 1.76 bits per heavy atom. The molecule has 0 atom stereocenters. The predicted molar refractivity (Wildman–Crippen MR) is 83.9 cm³/mol. The smallest absolute Gasteiger partial charge is 0.264 e. The number of sulfonamides is 1. The molecule has 0 aliphatic carbocycles. The molecule has 0 unspecified atom stereocenters. The summed E-state index contributed by atoms with van der Waals surface area (Å²) >= 11 is 0. The van der Waals surface area contributed by atoms with E-state index in [1.54, 1.807) is 12.1 Å². The van der Waals surface area contributed by atoms with Gasteiger partial charge in [0.15, 0.2) is 0 Å². The number of hydrogen-bond acceptors (Lipinski definition) is 3. The lowest BCUT2D eigenvalue weighted by atomic mass is 10.2. The van der Waals surface area contributed by atoms with Gasteiger partial charge in [-0.1, -0.05) is 36.4 Å². The molecule has 0 radical (unpaired) electrons. The first-order valence-electron chi connectivity index (χ1n) is 6.98. The maximum Gasteiger partial charge on any atom is 0.264 e. The van der Waals surface area contributed by atoms with E-state index in [2.05, 4.69) is 5.32 Å². The summed E-state index contributed by atoms with van der Waals surface area (Å²) in [7, 11) is -3.54. The number of anilines is 1. The fraction of sp³-hybridized carbons (Fsp3) is 0.250. The van der Waals surface area contributed by atoms with Crippen LogP contribution in [-0.4, -0.2) is 21.5 Å². The molecule has 0 saturated carbocycles. The quantitative estimate of drug-likeness (QED) is 0.926. The fourth-order valence-corrected chi connectivity index (χ4v) is 4.37.